The Bertz CT molecular complexity index is 403. The van der Waals surface area contributed by atoms with Crippen LogP contribution in [0.3, 0.4) is 0 Å². The standard InChI is InChI=1S/C16H23BrN2O.2ClH/c17-15-3-1-13(2-4-15)16(14-5-11-20-12-6-14)19-9-7-18-8-10-19;;/h1-4,14,16,18H,5-12H2;2*1H/t16-;;/m0../s1. The Morgan fingerprint density at radius 2 is 1.64 bits per heavy atom. The molecule has 1 atom stereocenters. The summed E-state index contributed by atoms with van der Waals surface area (Å²) in [6.07, 6.45) is 2.37. The van der Waals surface area contributed by atoms with Gasteiger partial charge in [0.15, 0.2) is 0 Å². The van der Waals surface area contributed by atoms with Crippen molar-refractivity contribution >= 4 is 40.7 Å². The van der Waals surface area contributed by atoms with Gasteiger partial charge in [-0.05, 0) is 36.5 Å². The fourth-order valence-electron chi connectivity index (χ4n) is 3.43. The molecule has 0 radical (unpaired) electrons. The predicted octanol–water partition coefficient (Wildman–Crippen LogP) is 3.67. The smallest absolute Gasteiger partial charge is 0.0469 e. The van der Waals surface area contributed by atoms with Crippen LogP contribution in [0.25, 0.3) is 0 Å². The average Bonchev–Trinajstić information content (AvgIpc) is 2.52. The summed E-state index contributed by atoms with van der Waals surface area (Å²) in [6.45, 7) is 6.36. The highest BCUT2D eigenvalue weighted by molar-refractivity contribution is 9.10. The number of piperazine rings is 1. The number of hydrogen-bond donors (Lipinski definition) is 1. The molecule has 2 aliphatic rings. The number of halogens is 3. The summed E-state index contributed by atoms with van der Waals surface area (Å²) >= 11 is 3.54. The molecule has 2 saturated heterocycles. The third kappa shape index (κ3) is 5.08. The maximum absolute atomic E-state index is 5.55. The van der Waals surface area contributed by atoms with E-state index in [1.165, 1.54) is 18.4 Å². The van der Waals surface area contributed by atoms with Gasteiger partial charge in [-0.15, -0.1) is 24.8 Å². The minimum absolute atomic E-state index is 0. The van der Waals surface area contributed by atoms with Crippen molar-refractivity contribution in [3.8, 4) is 0 Å². The summed E-state index contributed by atoms with van der Waals surface area (Å²) in [7, 11) is 0. The van der Waals surface area contributed by atoms with E-state index in [1.54, 1.807) is 0 Å². The second-order valence-corrected chi connectivity index (χ2v) is 6.65. The van der Waals surface area contributed by atoms with Gasteiger partial charge in [-0.25, -0.2) is 0 Å². The van der Waals surface area contributed by atoms with Gasteiger partial charge in [0.25, 0.3) is 0 Å². The van der Waals surface area contributed by atoms with Crippen LogP contribution in [0.1, 0.15) is 24.4 Å². The molecule has 0 spiro atoms. The first-order valence-corrected chi connectivity index (χ1v) is 8.42. The Balaban J connectivity index is 0.00000121. The highest BCUT2D eigenvalue weighted by Gasteiger charge is 2.31. The van der Waals surface area contributed by atoms with Crippen LogP contribution in [0.2, 0.25) is 0 Å². The third-order valence-electron chi connectivity index (χ3n) is 4.47. The van der Waals surface area contributed by atoms with Crippen molar-refractivity contribution in [2.45, 2.75) is 18.9 Å². The number of benzene rings is 1. The van der Waals surface area contributed by atoms with Crippen LogP contribution in [0.15, 0.2) is 28.7 Å². The van der Waals surface area contributed by atoms with Gasteiger partial charge in [-0.1, -0.05) is 28.1 Å². The van der Waals surface area contributed by atoms with E-state index in [9.17, 15) is 0 Å². The van der Waals surface area contributed by atoms with Gasteiger partial charge in [-0.3, -0.25) is 4.90 Å². The van der Waals surface area contributed by atoms with E-state index in [0.717, 1.165) is 49.8 Å². The van der Waals surface area contributed by atoms with Crippen molar-refractivity contribution in [2.75, 3.05) is 39.4 Å². The monoisotopic (exact) mass is 410 g/mol. The molecule has 3 rings (SSSR count). The first kappa shape index (κ1) is 20.2. The lowest BCUT2D eigenvalue weighted by Gasteiger charge is -2.41. The average molecular weight is 412 g/mol. The van der Waals surface area contributed by atoms with Gasteiger partial charge in [0.1, 0.15) is 0 Å². The second-order valence-electron chi connectivity index (χ2n) is 5.73. The summed E-state index contributed by atoms with van der Waals surface area (Å²) in [5, 5.41) is 3.46. The molecule has 6 heteroatoms. The van der Waals surface area contributed by atoms with Gasteiger partial charge >= 0.3 is 0 Å². The molecule has 22 heavy (non-hydrogen) atoms. The number of rotatable bonds is 3. The highest BCUT2D eigenvalue weighted by Crippen LogP contribution is 2.35. The van der Waals surface area contributed by atoms with Crippen LogP contribution in [0.5, 0.6) is 0 Å². The quantitative estimate of drug-likeness (QED) is 0.821. The van der Waals surface area contributed by atoms with E-state index in [2.05, 4.69) is 50.4 Å². The fourth-order valence-corrected chi connectivity index (χ4v) is 3.70. The van der Waals surface area contributed by atoms with Crippen molar-refractivity contribution in [3.63, 3.8) is 0 Å². The van der Waals surface area contributed by atoms with Crippen LogP contribution in [0, 0.1) is 5.92 Å². The Morgan fingerprint density at radius 3 is 2.23 bits per heavy atom. The molecular formula is C16H25BrCl2N2O. The Kier molecular flexibility index (Phi) is 9.29. The van der Waals surface area contributed by atoms with Crippen molar-refractivity contribution in [3.05, 3.63) is 34.3 Å². The minimum atomic E-state index is 0. The Morgan fingerprint density at radius 1 is 1.05 bits per heavy atom. The van der Waals surface area contributed by atoms with Gasteiger partial charge in [0.2, 0.25) is 0 Å². The molecule has 1 aromatic rings. The SMILES string of the molecule is Brc1ccc([C@@H](C2CCOCC2)N2CCNCC2)cc1.Cl.Cl. The summed E-state index contributed by atoms with van der Waals surface area (Å²) in [4.78, 5) is 2.66. The fraction of sp³-hybridized carbons (Fsp3) is 0.625. The predicted molar refractivity (Wildman–Crippen MR) is 99.4 cm³/mol. The lowest BCUT2D eigenvalue weighted by molar-refractivity contribution is 0.0213. The number of hydrogen-bond acceptors (Lipinski definition) is 3. The molecule has 0 aromatic heterocycles. The van der Waals surface area contributed by atoms with E-state index in [0.29, 0.717) is 6.04 Å². The first-order valence-electron chi connectivity index (χ1n) is 7.62. The molecule has 2 aliphatic heterocycles. The van der Waals surface area contributed by atoms with Crippen LogP contribution in [0.4, 0.5) is 0 Å². The van der Waals surface area contributed by atoms with Gasteiger partial charge < -0.3 is 10.1 Å². The molecule has 2 heterocycles. The largest absolute Gasteiger partial charge is 0.381 e. The summed E-state index contributed by atoms with van der Waals surface area (Å²) in [5.41, 5.74) is 1.46. The number of ether oxygens (including phenoxy) is 1. The molecule has 0 aliphatic carbocycles. The lowest BCUT2D eigenvalue weighted by atomic mass is 9.85. The maximum atomic E-state index is 5.55. The number of nitrogens with one attached hydrogen (secondary N) is 1. The zero-order valence-corrected chi connectivity index (χ0v) is 15.9. The molecule has 2 fully saturated rings. The van der Waals surface area contributed by atoms with Crippen LogP contribution in [-0.4, -0.2) is 44.3 Å². The van der Waals surface area contributed by atoms with Gasteiger partial charge in [0, 0.05) is 49.9 Å². The van der Waals surface area contributed by atoms with Crippen molar-refractivity contribution in [1.29, 1.82) is 0 Å². The zero-order valence-electron chi connectivity index (χ0n) is 12.7. The van der Waals surface area contributed by atoms with Crippen LogP contribution < -0.4 is 5.32 Å². The van der Waals surface area contributed by atoms with Crippen LogP contribution in [-0.2, 0) is 4.74 Å². The van der Waals surface area contributed by atoms with E-state index in [4.69, 9.17) is 4.74 Å². The van der Waals surface area contributed by atoms with Crippen LogP contribution >= 0.6 is 40.7 Å². The topological polar surface area (TPSA) is 24.5 Å². The molecule has 0 amide bonds. The highest BCUT2D eigenvalue weighted by atomic mass is 79.9. The van der Waals surface area contributed by atoms with E-state index in [-0.39, 0.29) is 24.8 Å². The van der Waals surface area contributed by atoms with E-state index in [1.807, 2.05) is 0 Å². The molecule has 0 bridgehead atoms. The normalized spacial score (nSPS) is 21.5. The molecular weight excluding hydrogens is 387 g/mol. The van der Waals surface area contributed by atoms with Crippen molar-refractivity contribution in [2.24, 2.45) is 5.92 Å². The molecule has 1 N–H and O–H groups in total. The molecule has 0 saturated carbocycles. The Labute approximate surface area is 154 Å². The Hall–Kier alpha value is 0.160. The molecule has 3 nitrogen and oxygen atoms in total. The summed E-state index contributed by atoms with van der Waals surface area (Å²) in [6, 6.07) is 9.46. The minimum Gasteiger partial charge on any atom is -0.381 e. The third-order valence-corrected chi connectivity index (χ3v) is 5.00. The lowest BCUT2D eigenvalue weighted by Crippen LogP contribution is -2.47. The van der Waals surface area contributed by atoms with Gasteiger partial charge in [0.05, 0.1) is 0 Å². The van der Waals surface area contributed by atoms with Gasteiger partial charge in [-0.2, -0.15) is 0 Å². The summed E-state index contributed by atoms with van der Waals surface area (Å²) in [5.74, 6) is 0.725. The first-order chi connectivity index (χ1) is 9.84. The van der Waals surface area contributed by atoms with E-state index < -0.39 is 0 Å². The maximum Gasteiger partial charge on any atom is 0.0469 e. The molecule has 126 valence electrons. The van der Waals surface area contributed by atoms with Crippen molar-refractivity contribution < 1.29 is 4.74 Å². The number of nitrogens with zero attached hydrogens (tertiary/aromatic N) is 1. The van der Waals surface area contributed by atoms with Crippen molar-refractivity contribution in [1.82, 2.24) is 10.2 Å². The second kappa shape index (κ2) is 10.1. The molecule has 1 aromatic carbocycles. The zero-order chi connectivity index (χ0) is 13.8. The van der Waals surface area contributed by atoms with E-state index >= 15 is 0 Å². The molecule has 0 unspecified atom stereocenters. The summed E-state index contributed by atoms with van der Waals surface area (Å²) < 4.78 is 6.71.